The Kier molecular flexibility index (Phi) is 1.71. The summed E-state index contributed by atoms with van der Waals surface area (Å²) in [4.78, 5) is 0. The average molecular weight is 154 g/mol. The normalized spacial score (nSPS) is 49.6. The van der Waals surface area contributed by atoms with Crippen molar-refractivity contribution in [3.05, 3.63) is 0 Å². The minimum absolute atomic E-state index is 0.361. The van der Waals surface area contributed by atoms with Crippen molar-refractivity contribution in [2.45, 2.75) is 39.0 Å². The van der Waals surface area contributed by atoms with Gasteiger partial charge in [0.25, 0.3) is 0 Å². The van der Waals surface area contributed by atoms with E-state index in [2.05, 4.69) is 6.92 Å². The van der Waals surface area contributed by atoms with Gasteiger partial charge in [0.15, 0.2) is 0 Å². The molecule has 0 aromatic carbocycles. The summed E-state index contributed by atoms with van der Waals surface area (Å²) in [6.45, 7) is 2.76. The Morgan fingerprint density at radius 3 is 2.82 bits per heavy atom. The second-order valence-electron chi connectivity index (χ2n) is 4.46. The van der Waals surface area contributed by atoms with Gasteiger partial charge < -0.3 is 5.11 Å². The van der Waals surface area contributed by atoms with Gasteiger partial charge in [-0.1, -0.05) is 13.3 Å². The molecule has 0 spiro atoms. The first-order valence-corrected chi connectivity index (χ1v) is 4.90. The lowest BCUT2D eigenvalue weighted by Gasteiger charge is -2.31. The van der Waals surface area contributed by atoms with E-state index in [9.17, 15) is 5.11 Å². The maximum atomic E-state index is 9.40. The van der Waals surface area contributed by atoms with E-state index in [1.165, 1.54) is 32.1 Å². The third kappa shape index (κ3) is 0.868. The van der Waals surface area contributed by atoms with Crippen LogP contribution in [-0.2, 0) is 0 Å². The van der Waals surface area contributed by atoms with Crippen LogP contribution in [0.2, 0.25) is 0 Å². The van der Waals surface area contributed by atoms with Crippen LogP contribution in [0.25, 0.3) is 0 Å². The van der Waals surface area contributed by atoms with E-state index >= 15 is 0 Å². The van der Waals surface area contributed by atoms with Crippen molar-refractivity contribution in [1.82, 2.24) is 0 Å². The van der Waals surface area contributed by atoms with Crippen LogP contribution in [0.1, 0.15) is 39.0 Å². The molecule has 1 nitrogen and oxygen atoms in total. The fraction of sp³-hybridized carbons (Fsp3) is 1.00. The summed E-state index contributed by atoms with van der Waals surface area (Å²) in [7, 11) is 0. The topological polar surface area (TPSA) is 20.2 Å². The summed E-state index contributed by atoms with van der Waals surface area (Å²) in [6.07, 6.45) is 6.75. The van der Waals surface area contributed by atoms with Crippen molar-refractivity contribution >= 4 is 0 Å². The van der Waals surface area contributed by atoms with E-state index < -0.39 is 0 Å². The van der Waals surface area contributed by atoms with Gasteiger partial charge in [-0.2, -0.15) is 0 Å². The van der Waals surface area contributed by atoms with Gasteiger partial charge in [0.2, 0.25) is 0 Å². The Hall–Kier alpha value is -0.0400. The second-order valence-corrected chi connectivity index (χ2v) is 4.46. The second kappa shape index (κ2) is 2.48. The Balaban J connectivity index is 2.22. The van der Waals surface area contributed by atoms with Crippen LogP contribution in [0.3, 0.4) is 0 Å². The molecule has 0 radical (unpaired) electrons. The molecule has 0 unspecified atom stereocenters. The molecule has 2 fully saturated rings. The van der Waals surface area contributed by atoms with E-state index in [4.69, 9.17) is 0 Å². The zero-order valence-corrected chi connectivity index (χ0v) is 7.34. The lowest BCUT2D eigenvalue weighted by molar-refractivity contribution is 0.0690. The molecular weight excluding hydrogens is 136 g/mol. The van der Waals surface area contributed by atoms with E-state index in [0.717, 1.165) is 11.8 Å². The van der Waals surface area contributed by atoms with Crippen LogP contribution in [0, 0.1) is 17.3 Å². The molecule has 11 heavy (non-hydrogen) atoms. The predicted molar refractivity (Wildman–Crippen MR) is 45.3 cm³/mol. The van der Waals surface area contributed by atoms with Crippen LogP contribution in [0.5, 0.6) is 0 Å². The number of aliphatic hydroxyl groups is 1. The molecule has 0 aromatic rings. The smallest absolute Gasteiger partial charge is 0.0492 e. The number of hydrogen-bond acceptors (Lipinski definition) is 1. The number of aliphatic hydroxyl groups excluding tert-OH is 1. The highest BCUT2D eigenvalue weighted by Crippen LogP contribution is 2.56. The fourth-order valence-corrected chi connectivity index (χ4v) is 3.35. The molecular formula is C10H18O. The van der Waals surface area contributed by atoms with Gasteiger partial charge in [0.05, 0.1) is 0 Å². The van der Waals surface area contributed by atoms with E-state index in [0.29, 0.717) is 12.0 Å². The highest BCUT2D eigenvalue weighted by Gasteiger charge is 2.49. The van der Waals surface area contributed by atoms with Gasteiger partial charge in [0.1, 0.15) is 0 Å². The molecule has 2 aliphatic rings. The molecule has 0 bridgehead atoms. The number of fused-ring (bicyclic) bond motifs is 1. The van der Waals surface area contributed by atoms with Gasteiger partial charge in [0, 0.05) is 6.61 Å². The van der Waals surface area contributed by atoms with Gasteiger partial charge >= 0.3 is 0 Å². The molecule has 3 atom stereocenters. The molecule has 2 saturated carbocycles. The van der Waals surface area contributed by atoms with Crippen molar-refractivity contribution in [3.8, 4) is 0 Å². The molecule has 0 aliphatic heterocycles. The molecule has 64 valence electrons. The molecule has 0 heterocycles. The average Bonchev–Trinajstić information content (AvgIpc) is 2.53. The molecule has 1 heteroatoms. The van der Waals surface area contributed by atoms with Crippen LogP contribution in [0.4, 0.5) is 0 Å². The third-order valence-electron chi connectivity index (χ3n) is 4.23. The Morgan fingerprint density at radius 2 is 2.18 bits per heavy atom. The number of rotatable bonds is 1. The Bertz CT molecular complexity index is 155. The Labute approximate surface area is 68.8 Å². The monoisotopic (exact) mass is 154 g/mol. The lowest BCUT2D eigenvalue weighted by Crippen LogP contribution is -2.30. The molecule has 1 N–H and O–H groups in total. The van der Waals surface area contributed by atoms with Gasteiger partial charge in [-0.25, -0.2) is 0 Å². The minimum Gasteiger partial charge on any atom is -0.396 e. The summed E-state index contributed by atoms with van der Waals surface area (Å²) in [5.74, 6) is 1.64. The standard InChI is InChI=1S/C10H18O/c1-8-4-5-9-3-2-6-10(8,9)7-11/h8-9,11H,2-7H2,1H3/t8-,9+,10+/m0/s1. The summed E-state index contributed by atoms with van der Waals surface area (Å²) in [6, 6.07) is 0. The van der Waals surface area contributed by atoms with Crippen molar-refractivity contribution in [1.29, 1.82) is 0 Å². The van der Waals surface area contributed by atoms with Crippen LogP contribution in [0.15, 0.2) is 0 Å². The molecule has 2 aliphatic carbocycles. The molecule has 0 amide bonds. The summed E-state index contributed by atoms with van der Waals surface area (Å²) in [5.41, 5.74) is 0.361. The minimum atomic E-state index is 0.361. The summed E-state index contributed by atoms with van der Waals surface area (Å²) < 4.78 is 0. The largest absolute Gasteiger partial charge is 0.396 e. The van der Waals surface area contributed by atoms with Crippen LogP contribution in [-0.4, -0.2) is 11.7 Å². The maximum absolute atomic E-state index is 9.40. The fourth-order valence-electron chi connectivity index (χ4n) is 3.35. The Morgan fingerprint density at radius 1 is 1.36 bits per heavy atom. The lowest BCUT2D eigenvalue weighted by atomic mass is 9.75. The SMILES string of the molecule is C[C@H]1CC[C@H]2CCC[C@]21CO. The highest BCUT2D eigenvalue weighted by molar-refractivity contribution is 4.99. The van der Waals surface area contributed by atoms with Gasteiger partial charge in [-0.3, -0.25) is 0 Å². The summed E-state index contributed by atoms with van der Waals surface area (Å²) >= 11 is 0. The quantitative estimate of drug-likeness (QED) is 0.614. The van der Waals surface area contributed by atoms with E-state index in [1.54, 1.807) is 0 Å². The van der Waals surface area contributed by atoms with Crippen LogP contribution < -0.4 is 0 Å². The van der Waals surface area contributed by atoms with Crippen LogP contribution >= 0.6 is 0 Å². The van der Waals surface area contributed by atoms with Crippen molar-refractivity contribution < 1.29 is 5.11 Å². The predicted octanol–water partition coefficient (Wildman–Crippen LogP) is 2.20. The van der Waals surface area contributed by atoms with Gasteiger partial charge in [-0.05, 0) is 42.9 Å². The third-order valence-corrected chi connectivity index (χ3v) is 4.23. The number of hydrogen-bond donors (Lipinski definition) is 1. The first-order valence-electron chi connectivity index (χ1n) is 4.90. The summed E-state index contributed by atoms with van der Waals surface area (Å²) in [5, 5.41) is 9.40. The molecule has 2 rings (SSSR count). The highest BCUT2D eigenvalue weighted by atomic mass is 16.3. The molecule has 0 aromatic heterocycles. The van der Waals surface area contributed by atoms with E-state index in [1.807, 2.05) is 0 Å². The van der Waals surface area contributed by atoms with Crippen molar-refractivity contribution in [2.24, 2.45) is 17.3 Å². The maximum Gasteiger partial charge on any atom is 0.0492 e. The first kappa shape index (κ1) is 7.60. The van der Waals surface area contributed by atoms with Crippen molar-refractivity contribution in [2.75, 3.05) is 6.61 Å². The first-order chi connectivity index (χ1) is 5.29. The van der Waals surface area contributed by atoms with Crippen molar-refractivity contribution in [3.63, 3.8) is 0 Å². The zero-order valence-electron chi connectivity index (χ0n) is 7.34. The van der Waals surface area contributed by atoms with Gasteiger partial charge in [-0.15, -0.1) is 0 Å². The van der Waals surface area contributed by atoms with E-state index in [-0.39, 0.29) is 0 Å². The molecule has 0 saturated heterocycles. The zero-order chi connectivity index (χ0) is 7.90.